The predicted octanol–water partition coefficient (Wildman–Crippen LogP) is 2.73. The van der Waals surface area contributed by atoms with Gasteiger partial charge >= 0.3 is 6.09 Å². The van der Waals surface area contributed by atoms with Crippen molar-refractivity contribution in [3.8, 4) is 0 Å². The lowest BCUT2D eigenvalue weighted by atomic mass is 9.98. The van der Waals surface area contributed by atoms with Crippen LogP contribution in [0.25, 0.3) is 10.4 Å². The first kappa shape index (κ1) is 17.1. The number of aliphatic hydroxyl groups is 1. The molecule has 0 saturated carbocycles. The van der Waals surface area contributed by atoms with Gasteiger partial charge in [-0.15, -0.1) is 0 Å². The molecule has 8 nitrogen and oxygen atoms in total. The lowest BCUT2D eigenvalue weighted by molar-refractivity contribution is -0.186. The highest BCUT2D eigenvalue weighted by molar-refractivity contribution is 5.65. The van der Waals surface area contributed by atoms with Gasteiger partial charge in [-0.05, 0) is 30.9 Å². The summed E-state index contributed by atoms with van der Waals surface area (Å²) in [7, 11) is 0. The largest absolute Gasteiger partial charge is 0.465 e. The molecule has 2 rings (SSSR count). The van der Waals surface area contributed by atoms with E-state index in [2.05, 4.69) is 10.0 Å². The van der Waals surface area contributed by atoms with Gasteiger partial charge in [-0.2, -0.15) is 0 Å². The molecule has 1 amide bonds. The molecule has 0 aliphatic carbocycles. The van der Waals surface area contributed by atoms with Crippen LogP contribution in [0, 0.1) is 0 Å². The van der Waals surface area contributed by atoms with Gasteiger partial charge in [0.25, 0.3) is 0 Å². The van der Waals surface area contributed by atoms with Gasteiger partial charge in [0.2, 0.25) is 0 Å². The molecule has 23 heavy (non-hydrogen) atoms. The number of carboxylic acid groups (broad SMARTS) is 1. The molecule has 0 spiro atoms. The molecule has 2 N–H and O–H groups in total. The maximum Gasteiger partial charge on any atom is 0.407 e. The Labute approximate surface area is 133 Å². The fourth-order valence-corrected chi connectivity index (χ4v) is 2.72. The van der Waals surface area contributed by atoms with Crippen LogP contribution >= 0.6 is 0 Å². The van der Waals surface area contributed by atoms with Gasteiger partial charge in [-0.3, -0.25) is 4.90 Å². The monoisotopic (exact) mass is 320 g/mol. The predicted molar refractivity (Wildman–Crippen MR) is 82.5 cm³/mol. The highest BCUT2D eigenvalue weighted by Gasteiger charge is 2.35. The van der Waals surface area contributed by atoms with Crippen LogP contribution in [0.15, 0.2) is 35.4 Å². The molecular formula is C15H20N4O4. The van der Waals surface area contributed by atoms with Crippen molar-refractivity contribution in [1.29, 1.82) is 0 Å². The van der Waals surface area contributed by atoms with Crippen LogP contribution in [0.4, 0.5) is 4.79 Å². The fraction of sp³-hybridized carbons (Fsp3) is 0.533. The number of hydrogen-bond donors (Lipinski definition) is 2. The van der Waals surface area contributed by atoms with Crippen LogP contribution in [0.3, 0.4) is 0 Å². The second-order valence-corrected chi connectivity index (χ2v) is 5.55. The number of ether oxygens (including phenoxy) is 1. The van der Waals surface area contributed by atoms with Crippen LogP contribution in [-0.4, -0.2) is 45.7 Å². The number of benzene rings is 1. The first-order valence-electron chi connectivity index (χ1n) is 7.44. The summed E-state index contributed by atoms with van der Waals surface area (Å²) in [5, 5.41) is 22.8. The topological polar surface area (TPSA) is 119 Å². The zero-order valence-corrected chi connectivity index (χ0v) is 12.8. The number of amides is 1. The lowest BCUT2D eigenvalue weighted by Crippen LogP contribution is -2.50. The first-order valence-corrected chi connectivity index (χ1v) is 7.44. The van der Waals surface area contributed by atoms with Crippen LogP contribution in [0.1, 0.15) is 25.3 Å². The Morgan fingerprint density at radius 2 is 2.17 bits per heavy atom. The number of hydrogen-bond acceptors (Lipinski definition) is 4. The summed E-state index contributed by atoms with van der Waals surface area (Å²) in [4.78, 5) is 15.5. The van der Waals surface area contributed by atoms with Crippen molar-refractivity contribution in [2.24, 2.45) is 5.11 Å². The Kier molecular flexibility index (Phi) is 5.81. The minimum atomic E-state index is -1.21. The van der Waals surface area contributed by atoms with Gasteiger partial charge in [-0.25, -0.2) is 4.79 Å². The van der Waals surface area contributed by atoms with Crippen molar-refractivity contribution < 1.29 is 19.7 Å². The third-order valence-electron chi connectivity index (χ3n) is 4.06. The number of rotatable bonds is 5. The van der Waals surface area contributed by atoms with E-state index in [-0.39, 0.29) is 6.54 Å². The van der Waals surface area contributed by atoms with Gasteiger partial charge in [0.1, 0.15) is 0 Å². The van der Waals surface area contributed by atoms with Crippen molar-refractivity contribution in [2.75, 3.05) is 0 Å². The van der Waals surface area contributed by atoms with E-state index in [1.165, 1.54) is 4.90 Å². The molecule has 124 valence electrons. The molecule has 0 bridgehead atoms. The maximum absolute atomic E-state index is 11.6. The summed E-state index contributed by atoms with van der Waals surface area (Å²) in [6.45, 7) is 2.00. The maximum atomic E-state index is 11.6. The SMILES string of the molecule is C[C@@H]([C@@H]1CC[C@@H](N=[N+]=[N-])C(O)O1)N(Cc1ccccc1)C(=O)O. The highest BCUT2D eigenvalue weighted by Crippen LogP contribution is 2.26. The number of azide groups is 1. The summed E-state index contributed by atoms with van der Waals surface area (Å²) in [5.74, 6) is 0. The van der Waals surface area contributed by atoms with E-state index >= 15 is 0 Å². The van der Waals surface area contributed by atoms with E-state index in [0.717, 1.165) is 5.56 Å². The minimum absolute atomic E-state index is 0.243. The van der Waals surface area contributed by atoms with Crippen LogP contribution in [0.2, 0.25) is 0 Å². The van der Waals surface area contributed by atoms with Crippen LogP contribution in [-0.2, 0) is 11.3 Å². The quantitative estimate of drug-likeness (QED) is 0.492. The van der Waals surface area contributed by atoms with Gasteiger partial charge in [-0.1, -0.05) is 35.4 Å². The lowest BCUT2D eigenvalue weighted by Gasteiger charge is -2.38. The standard InChI is InChI=1S/C15H20N4O4/c1-10(13-8-7-12(17-18-16)14(20)23-13)19(15(21)22)9-11-5-3-2-4-6-11/h2-6,10,12-14,20H,7-9H2,1H3,(H,21,22)/t10-,12+,13-,14?/m0/s1. The van der Waals surface area contributed by atoms with Gasteiger partial charge in [0.05, 0.1) is 18.2 Å². The van der Waals surface area contributed by atoms with Gasteiger partial charge in [0.15, 0.2) is 6.29 Å². The molecule has 1 unspecified atom stereocenters. The molecule has 8 heteroatoms. The van der Waals surface area contributed by atoms with Crippen molar-refractivity contribution in [3.05, 3.63) is 46.3 Å². The summed E-state index contributed by atoms with van der Waals surface area (Å²) < 4.78 is 5.47. The fourth-order valence-electron chi connectivity index (χ4n) is 2.72. The van der Waals surface area contributed by atoms with Crippen LogP contribution in [0.5, 0.6) is 0 Å². The Hall–Kier alpha value is -2.28. The molecule has 1 heterocycles. The second-order valence-electron chi connectivity index (χ2n) is 5.55. The Bertz CT molecular complexity index is 576. The minimum Gasteiger partial charge on any atom is -0.465 e. The molecule has 1 aromatic carbocycles. The number of nitrogens with zero attached hydrogens (tertiary/aromatic N) is 4. The zero-order valence-electron chi connectivity index (χ0n) is 12.8. The average Bonchev–Trinajstić information content (AvgIpc) is 2.55. The molecule has 0 aromatic heterocycles. The summed E-state index contributed by atoms with van der Waals surface area (Å²) in [5.41, 5.74) is 9.32. The zero-order chi connectivity index (χ0) is 16.8. The third-order valence-corrected chi connectivity index (χ3v) is 4.06. The van der Waals surface area contributed by atoms with Crippen molar-refractivity contribution >= 4 is 6.09 Å². The molecule has 4 atom stereocenters. The Morgan fingerprint density at radius 1 is 1.48 bits per heavy atom. The summed E-state index contributed by atoms with van der Waals surface area (Å²) in [6.07, 6.45) is -1.73. The van der Waals surface area contributed by atoms with Crippen molar-refractivity contribution in [2.45, 2.75) is 50.8 Å². The van der Waals surface area contributed by atoms with Crippen molar-refractivity contribution in [1.82, 2.24) is 4.90 Å². The normalized spacial score (nSPS) is 25.2. The first-order chi connectivity index (χ1) is 11.0. The molecular weight excluding hydrogens is 300 g/mol. The van der Waals surface area contributed by atoms with E-state index in [1.807, 2.05) is 30.3 Å². The van der Waals surface area contributed by atoms with Gasteiger partial charge in [0, 0.05) is 11.5 Å². The smallest absolute Gasteiger partial charge is 0.407 e. The average molecular weight is 320 g/mol. The third kappa shape index (κ3) is 4.35. The number of carbonyl (C=O) groups is 1. The molecule has 1 aliphatic heterocycles. The Morgan fingerprint density at radius 3 is 2.74 bits per heavy atom. The second kappa shape index (κ2) is 7.82. The summed E-state index contributed by atoms with van der Waals surface area (Å²) >= 11 is 0. The van der Waals surface area contributed by atoms with E-state index in [4.69, 9.17) is 10.3 Å². The molecule has 1 fully saturated rings. The molecule has 1 aromatic rings. The Balaban J connectivity index is 2.05. The highest BCUT2D eigenvalue weighted by atomic mass is 16.6. The van der Waals surface area contributed by atoms with E-state index < -0.39 is 30.6 Å². The number of aliphatic hydroxyl groups excluding tert-OH is 1. The van der Waals surface area contributed by atoms with E-state index in [1.54, 1.807) is 6.92 Å². The molecule has 0 radical (unpaired) electrons. The van der Waals surface area contributed by atoms with E-state index in [0.29, 0.717) is 12.8 Å². The van der Waals surface area contributed by atoms with Gasteiger partial charge < -0.3 is 14.9 Å². The molecule has 1 saturated heterocycles. The molecule has 1 aliphatic rings. The van der Waals surface area contributed by atoms with Crippen molar-refractivity contribution in [3.63, 3.8) is 0 Å². The summed E-state index contributed by atoms with van der Waals surface area (Å²) in [6, 6.07) is 8.23. The van der Waals surface area contributed by atoms with E-state index in [9.17, 15) is 15.0 Å². The van der Waals surface area contributed by atoms with Crippen LogP contribution < -0.4 is 0 Å².